The van der Waals surface area contributed by atoms with Gasteiger partial charge in [-0.15, -0.1) is 10.2 Å². The quantitative estimate of drug-likeness (QED) is 0.323. The fourth-order valence-corrected chi connectivity index (χ4v) is 5.07. The Kier molecular flexibility index (Phi) is 6.70. The summed E-state index contributed by atoms with van der Waals surface area (Å²) >= 11 is 8.28. The number of nitrogens with zero attached hydrogens (tertiary/aromatic N) is 5. The molecule has 3 aromatic rings. The van der Waals surface area contributed by atoms with E-state index in [9.17, 15) is 0 Å². The van der Waals surface area contributed by atoms with Crippen molar-refractivity contribution in [1.82, 2.24) is 24.5 Å². The summed E-state index contributed by atoms with van der Waals surface area (Å²) in [5.41, 5.74) is 0.981. The minimum atomic E-state index is 0.489. The smallest absolute Gasteiger partial charge is 0.191 e. The first kappa shape index (κ1) is 19.5. The van der Waals surface area contributed by atoms with Crippen molar-refractivity contribution in [2.24, 2.45) is 0 Å². The Balaban J connectivity index is 1.40. The summed E-state index contributed by atoms with van der Waals surface area (Å²) in [5, 5.41) is 15.1. The highest BCUT2D eigenvalue weighted by Gasteiger charge is 2.25. The van der Waals surface area contributed by atoms with Gasteiger partial charge >= 0.3 is 0 Å². The number of rotatable bonds is 9. The zero-order valence-electron chi connectivity index (χ0n) is 16.0. The van der Waals surface area contributed by atoms with Gasteiger partial charge in [0, 0.05) is 36.3 Å². The van der Waals surface area contributed by atoms with E-state index in [4.69, 9.17) is 11.6 Å². The molecule has 2 heterocycles. The molecule has 4 rings (SSSR count). The molecule has 0 radical (unpaired) electrons. The Hall–Kier alpha value is -1.79. The average molecular weight is 416 g/mol. The Morgan fingerprint density at radius 3 is 2.68 bits per heavy atom. The van der Waals surface area contributed by atoms with Crippen LogP contribution < -0.4 is 0 Å². The lowest BCUT2D eigenvalue weighted by molar-refractivity contribution is 0.485. The SMILES string of the molecule is Clc1ccccc1-c1nnc(SCCCCCn2cccn2)n1C1CCCC1. The predicted molar refractivity (Wildman–Crippen MR) is 115 cm³/mol. The monoisotopic (exact) mass is 415 g/mol. The van der Waals surface area contributed by atoms with Gasteiger partial charge in [-0.05, 0) is 43.9 Å². The van der Waals surface area contributed by atoms with E-state index in [2.05, 4.69) is 19.9 Å². The van der Waals surface area contributed by atoms with Gasteiger partial charge in [0.05, 0.1) is 5.02 Å². The summed E-state index contributed by atoms with van der Waals surface area (Å²) in [4.78, 5) is 0. The Labute approximate surface area is 175 Å². The fourth-order valence-electron chi connectivity index (χ4n) is 3.84. The molecule has 148 valence electrons. The molecular formula is C21H26ClN5S. The standard InChI is InChI=1S/C21H26ClN5S/c22-19-12-5-4-11-18(19)20-24-25-21(27(20)17-9-2-3-10-17)28-16-7-1-6-14-26-15-8-13-23-26/h4-5,8,11-13,15,17H,1-3,6-7,9-10,14,16H2. The Bertz CT molecular complexity index is 871. The number of unbranched alkanes of at least 4 members (excludes halogenated alkanes) is 2. The number of aryl methyl sites for hydroxylation is 1. The van der Waals surface area contributed by atoms with Crippen molar-refractivity contribution in [3.05, 3.63) is 47.7 Å². The molecule has 28 heavy (non-hydrogen) atoms. The minimum Gasteiger partial charge on any atom is -0.299 e. The lowest BCUT2D eigenvalue weighted by atomic mass is 10.2. The van der Waals surface area contributed by atoms with E-state index in [1.165, 1.54) is 38.5 Å². The Morgan fingerprint density at radius 1 is 1.04 bits per heavy atom. The lowest BCUT2D eigenvalue weighted by Crippen LogP contribution is -2.08. The van der Waals surface area contributed by atoms with Crippen molar-refractivity contribution in [3.63, 3.8) is 0 Å². The largest absolute Gasteiger partial charge is 0.299 e. The van der Waals surface area contributed by atoms with Gasteiger partial charge in [-0.2, -0.15) is 5.10 Å². The van der Waals surface area contributed by atoms with Crippen LogP contribution >= 0.6 is 23.4 Å². The molecule has 0 unspecified atom stereocenters. The molecule has 1 aliphatic carbocycles. The molecular weight excluding hydrogens is 390 g/mol. The van der Waals surface area contributed by atoms with Crippen molar-refractivity contribution < 1.29 is 0 Å². The van der Waals surface area contributed by atoms with Crippen molar-refractivity contribution in [2.45, 2.75) is 62.7 Å². The topological polar surface area (TPSA) is 48.5 Å². The van der Waals surface area contributed by atoms with Gasteiger partial charge in [0.1, 0.15) is 0 Å². The molecule has 0 atom stereocenters. The second-order valence-corrected chi connectivity index (χ2v) is 8.74. The highest BCUT2D eigenvalue weighted by atomic mass is 35.5. The van der Waals surface area contributed by atoms with Gasteiger partial charge in [-0.25, -0.2) is 0 Å². The highest BCUT2D eigenvalue weighted by molar-refractivity contribution is 7.99. The molecule has 0 bridgehead atoms. The van der Waals surface area contributed by atoms with Crippen LogP contribution in [-0.2, 0) is 6.54 Å². The summed E-state index contributed by atoms with van der Waals surface area (Å²) in [5.74, 6) is 1.98. The maximum Gasteiger partial charge on any atom is 0.191 e. The van der Waals surface area contributed by atoms with Gasteiger partial charge in [0.15, 0.2) is 11.0 Å². The summed E-state index contributed by atoms with van der Waals surface area (Å²) < 4.78 is 4.35. The van der Waals surface area contributed by atoms with Crippen molar-refractivity contribution >= 4 is 23.4 Å². The van der Waals surface area contributed by atoms with Gasteiger partial charge in [-0.3, -0.25) is 9.25 Å². The molecule has 0 saturated heterocycles. The van der Waals surface area contributed by atoms with Crippen LogP contribution in [0.3, 0.4) is 0 Å². The molecule has 1 aromatic carbocycles. The first-order valence-corrected chi connectivity index (χ1v) is 11.5. The normalized spacial score (nSPS) is 14.8. The first-order valence-electron chi connectivity index (χ1n) is 10.1. The summed E-state index contributed by atoms with van der Waals surface area (Å²) in [6, 6.07) is 10.4. The maximum absolute atomic E-state index is 6.46. The van der Waals surface area contributed by atoms with E-state index in [-0.39, 0.29) is 0 Å². The predicted octanol–water partition coefficient (Wildman–Crippen LogP) is 5.87. The Morgan fingerprint density at radius 2 is 1.89 bits per heavy atom. The zero-order chi connectivity index (χ0) is 19.2. The second-order valence-electron chi connectivity index (χ2n) is 7.27. The molecule has 1 saturated carbocycles. The van der Waals surface area contributed by atoms with Crippen LogP contribution in [-0.4, -0.2) is 30.3 Å². The highest BCUT2D eigenvalue weighted by Crippen LogP contribution is 2.38. The van der Waals surface area contributed by atoms with E-state index in [1.54, 1.807) is 0 Å². The third-order valence-corrected chi connectivity index (χ3v) is 6.65. The van der Waals surface area contributed by atoms with E-state index >= 15 is 0 Å². The van der Waals surface area contributed by atoms with E-state index in [1.807, 2.05) is 59.2 Å². The van der Waals surface area contributed by atoms with Crippen molar-refractivity contribution in [1.29, 1.82) is 0 Å². The second kappa shape index (κ2) is 9.61. The summed E-state index contributed by atoms with van der Waals surface area (Å²) in [6.07, 6.45) is 12.3. The lowest BCUT2D eigenvalue weighted by Gasteiger charge is -2.17. The number of hydrogen-bond donors (Lipinski definition) is 0. The average Bonchev–Trinajstić information content (AvgIpc) is 3.46. The zero-order valence-corrected chi connectivity index (χ0v) is 17.6. The molecule has 0 spiro atoms. The summed E-state index contributed by atoms with van der Waals surface area (Å²) in [6.45, 7) is 0.993. The van der Waals surface area contributed by atoms with E-state index in [0.29, 0.717) is 6.04 Å². The molecule has 2 aromatic heterocycles. The van der Waals surface area contributed by atoms with Crippen LogP contribution in [0.4, 0.5) is 0 Å². The number of halogens is 1. The number of benzene rings is 1. The van der Waals surface area contributed by atoms with Gasteiger partial charge < -0.3 is 0 Å². The molecule has 1 aliphatic rings. The third kappa shape index (κ3) is 4.61. The van der Waals surface area contributed by atoms with Crippen molar-refractivity contribution in [3.8, 4) is 11.4 Å². The molecule has 0 aliphatic heterocycles. The van der Waals surface area contributed by atoms with Crippen LogP contribution in [0.2, 0.25) is 5.02 Å². The van der Waals surface area contributed by atoms with Crippen LogP contribution in [0.25, 0.3) is 11.4 Å². The van der Waals surface area contributed by atoms with Crippen LogP contribution in [0.1, 0.15) is 51.0 Å². The molecule has 0 N–H and O–H groups in total. The molecule has 5 nitrogen and oxygen atoms in total. The maximum atomic E-state index is 6.46. The van der Waals surface area contributed by atoms with Crippen LogP contribution in [0, 0.1) is 0 Å². The van der Waals surface area contributed by atoms with Gasteiger partial charge in [0.25, 0.3) is 0 Å². The van der Waals surface area contributed by atoms with Gasteiger partial charge in [-0.1, -0.05) is 54.8 Å². The van der Waals surface area contributed by atoms with Crippen molar-refractivity contribution in [2.75, 3.05) is 5.75 Å². The van der Waals surface area contributed by atoms with Gasteiger partial charge in [0.2, 0.25) is 0 Å². The number of aromatic nitrogens is 5. The van der Waals surface area contributed by atoms with E-state index < -0.39 is 0 Å². The van der Waals surface area contributed by atoms with Crippen LogP contribution in [0.5, 0.6) is 0 Å². The third-order valence-electron chi connectivity index (χ3n) is 5.29. The molecule has 1 fully saturated rings. The van der Waals surface area contributed by atoms with Crippen LogP contribution in [0.15, 0.2) is 47.9 Å². The molecule has 7 heteroatoms. The first-order chi connectivity index (χ1) is 13.8. The minimum absolute atomic E-state index is 0.489. The number of hydrogen-bond acceptors (Lipinski definition) is 4. The number of thioether (sulfide) groups is 1. The molecule has 0 amide bonds. The van der Waals surface area contributed by atoms with E-state index in [0.717, 1.165) is 40.3 Å². The summed E-state index contributed by atoms with van der Waals surface area (Å²) in [7, 11) is 0. The fraction of sp³-hybridized carbons (Fsp3) is 0.476.